The molecule has 1 atom stereocenters. The van der Waals surface area contributed by atoms with E-state index in [0.29, 0.717) is 24.6 Å². The lowest BCUT2D eigenvalue weighted by Gasteiger charge is -2.32. The van der Waals surface area contributed by atoms with E-state index in [2.05, 4.69) is 9.62 Å². The van der Waals surface area contributed by atoms with Crippen LogP contribution in [0.3, 0.4) is 0 Å². The molecule has 0 aromatic heterocycles. The molecule has 4 nitrogen and oxygen atoms in total. The molecular formula is C16H23FN2O2S. The molecule has 1 aliphatic carbocycles. The zero-order chi connectivity index (χ0) is 15.6. The Morgan fingerprint density at radius 2 is 2.00 bits per heavy atom. The average molecular weight is 326 g/mol. The maximum atomic E-state index is 13.7. The van der Waals surface area contributed by atoms with E-state index in [9.17, 15) is 12.8 Å². The van der Waals surface area contributed by atoms with E-state index in [4.69, 9.17) is 0 Å². The highest BCUT2D eigenvalue weighted by molar-refractivity contribution is 7.90. The summed E-state index contributed by atoms with van der Waals surface area (Å²) in [6.07, 6.45) is 3.64. The zero-order valence-corrected chi connectivity index (χ0v) is 13.5. The highest BCUT2D eigenvalue weighted by atomic mass is 32.2. The maximum absolute atomic E-state index is 13.7. The first-order chi connectivity index (χ1) is 10.5. The minimum Gasteiger partial charge on any atom is -0.299 e. The van der Waals surface area contributed by atoms with Crippen LogP contribution < -0.4 is 4.72 Å². The van der Waals surface area contributed by atoms with Crippen LogP contribution in [0.25, 0.3) is 0 Å². The third kappa shape index (κ3) is 4.06. The van der Waals surface area contributed by atoms with Gasteiger partial charge in [0.2, 0.25) is 10.0 Å². The number of hydrogen-bond acceptors (Lipinski definition) is 3. The molecular weight excluding hydrogens is 303 g/mol. The van der Waals surface area contributed by atoms with Crippen LogP contribution in [0.5, 0.6) is 0 Å². The van der Waals surface area contributed by atoms with E-state index in [1.807, 2.05) is 12.1 Å². The number of nitrogens with zero attached hydrogens (tertiary/aromatic N) is 1. The normalized spacial score (nSPS) is 23.6. The van der Waals surface area contributed by atoms with Gasteiger partial charge in [0, 0.05) is 25.2 Å². The number of halogens is 1. The Hall–Kier alpha value is -0.980. The lowest BCUT2D eigenvalue weighted by molar-refractivity contribution is 0.167. The molecule has 1 saturated carbocycles. The molecule has 1 aliphatic heterocycles. The second-order valence-electron chi connectivity index (χ2n) is 6.43. The standard InChI is InChI=1S/C16H23FN2O2S/c17-16-6-2-1-5-14(16)12-19-9-3-4-13(11-19)10-18-22(20,21)15-7-8-15/h1-2,5-6,13,15,18H,3-4,7-12H2/t13-/m1/s1. The van der Waals surface area contributed by atoms with Gasteiger partial charge >= 0.3 is 0 Å². The third-order valence-corrected chi connectivity index (χ3v) is 6.41. The van der Waals surface area contributed by atoms with Gasteiger partial charge in [-0.1, -0.05) is 18.2 Å². The first-order valence-electron chi connectivity index (χ1n) is 7.99. The minimum absolute atomic E-state index is 0.161. The monoisotopic (exact) mass is 326 g/mol. The second kappa shape index (κ2) is 6.64. The number of nitrogens with one attached hydrogen (secondary N) is 1. The summed E-state index contributed by atoms with van der Waals surface area (Å²) in [5.41, 5.74) is 0.710. The predicted octanol–water partition coefficient (Wildman–Crippen LogP) is 2.12. The topological polar surface area (TPSA) is 49.4 Å². The van der Waals surface area contributed by atoms with Crippen molar-refractivity contribution in [3.8, 4) is 0 Å². The molecule has 6 heteroatoms. The molecule has 1 heterocycles. The van der Waals surface area contributed by atoms with Crippen molar-refractivity contribution in [1.82, 2.24) is 9.62 Å². The molecule has 122 valence electrons. The first-order valence-corrected chi connectivity index (χ1v) is 9.53. The quantitative estimate of drug-likeness (QED) is 0.871. The molecule has 1 N–H and O–H groups in total. The van der Waals surface area contributed by atoms with Crippen LogP contribution in [0.15, 0.2) is 24.3 Å². The summed E-state index contributed by atoms with van der Waals surface area (Å²) < 4.78 is 40.2. The fourth-order valence-corrected chi connectivity index (χ4v) is 4.52. The van der Waals surface area contributed by atoms with Crippen molar-refractivity contribution in [2.45, 2.75) is 37.5 Å². The highest BCUT2D eigenvalue weighted by Crippen LogP contribution is 2.28. The van der Waals surface area contributed by atoms with E-state index in [1.54, 1.807) is 6.07 Å². The van der Waals surface area contributed by atoms with Crippen molar-refractivity contribution in [1.29, 1.82) is 0 Å². The lowest BCUT2D eigenvalue weighted by Crippen LogP contribution is -2.41. The van der Waals surface area contributed by atoms with Crippen LogP contribution in [-0.2, 0) is 16.6 Å². The Bertz CT molecular complexity index is 616. The summed E-state index contributed by atoms with van der Waals surface area (Å²) in [7, 11) is -3.10. The van der Waals surface area contributed by atoms with Crippen LogP contribution in [0, 0.1) is 11.7 Å². The average Bonchev–Trinajstić information content (AvgIpc) is 3.33. The molecule has 1 aromatic rings. The second-order valence-corrected chi connectivity index (χ2v) is 8.47. The fourth-order valence-electron chi connectivity index (χ4n) is 3.06. The summed E-state index contributed by atoms with van der Waals surface area (Å²) in [6.45, 7) is 2.87. The zero-order valence-electron chi connectivity index (χ0n) is 12.7. The first kappa shape index (κ1) is 15.9. The van der Waals surface area contributed by atoms with Gasteiger partial charge in [-0.2, -0.15) is 0 Å². The van der Waals surface area contributed by atoms with Gasteiger partial charge in [0.05, 0.1) is 5.25 Å². The molecule has 1 aromatic carbocycles. The van der Waals surface area contributed by atoms with Gasteiger partial charge in [-0.05, 0) is 44.2 Å². The molecule has 2 aliphatic rings. The molecule has 22 heavy (non-hydrogen) atoms. The Morgan fingerprint density at radius 1 is 1.23 bits per heavy atom. The van der Waals surface area contributed by atoms with Crippen LogP contribution in [0.4, 0.5) is 4.39 Å². The van der Waals surface area contributed by atoms with Gasteiger partial charge in [-0.25, -0.2) is 17.5 Å². The molecule has 2 fully saturated rings. The van der Waals surface area contributed by atoms with Crippen molar-refractivity contribution >= 4 is 10.0 Å². The molecule has 1 saturated heterocycles. The Balaban J connectivity index is 1.52. The highest BCUT2D eigenvalue weighted by Gasteiger charge is 2.36. The third-order valence-electron chi connectivity index (χ3n) is 4.49. The van der Waals surface area contributed by atoms with Gasteiger partial charge in [0.25, 0.3) is 0 Å². The summed E-state index contributed by atoms with van der Waals surface area (Å²) in [6, 6.07) is 6.85. The van der Waals surface area contributed by atoms with Crippen molar-refractivity contribution in [3.05, 3.63) is 35.6 Å². The van der Waals surface area contributed by atoms with Crippen LogP contribution >= 0.6 is 0 Å². The van der Waals surface area contributed by atoms with Crippen molar-refractivity contribution in [2.24, 2.45) is 5.92 Å². The lowest BCUT2D eigenvalue weighted by atomic mass is 9.98. The molecule has 0 radical (unpaired) electrons. The van der Waals surface area contributed by atoms with Crippen LogP contribution in [0.2, 0.25) is 0 Å². The van der Waals surface area contributed by atoms with Crippen LogP contribution in [-0.4, -0.2) is 38.2 Å². The van der Waals surface area contributed by atoms with Crippen molar-refractivity contribution < 1.29 is 12.8 Å². The van der Waals surface area contributed by atoms with E-state index in [-0.39, 0.29) is 11.1 Å². The van der Waals surface area contributed by atoms with Gasteiger partial charge in [0.1, 0.15) is 5.82 Å². The summed E-state index contributed by atoms with van der Waals surface area (Å²) in [5.74, 6) is 0.146. The van der Waals surface area contributed by atoms with Crippen LogP contribution in [0.1, 0.15) is 31.2 Å². The number of hydrogen-bond donors (Lipinski definition) is 1. The number of piperidine rings is 1. The van der Waals surface area contributed by atoms with E-state index in [0.717, 1.165) is 38.8 Å². The SMILES string of the molecule is O=S(=O)(NC[C@H]1CCCN(Cc2ccccc2F)C1)C1CC1. The summed E-state index contributed by atoms with van der Waals surface area (Å²) >= 11 is 0. The molecule has 0 unspecified atom stereocenters. The Morgan fingerprint density at radius 3 is 2.73 bits per heavy atom. The fraction of sp³-hybridized carbons (Fsp3) is 0.625. The van der Waals surface area contributed by atoms with Crippen molar-refractivity contribution in [2.75, 3.05) is 19.6 Å². The molecule has 0 amide bonds. The minimum atomic E-state index is -3.10. The van der Waals surface area contributed by atoms with Gasteiger partial charge < -0.3 is 0 Å². The smallest absolute Gasteiger partial charge is 0.214 e. The largest absolute Gasteiger partial charge is 0.299 e. The number of rotatable bonds is 6. The van der Waals surface area contributed by atoms with Gasteiger partial charge in [-0.15, -0.1) is 0 Å². The Kier molecular flexibility index (Phi) is 4.80. The van der Waals surface area contributed by atoms with E-state index >= 15 is 0 Å². The number of likely N-dealkylation sites (tertiary alicyclic amines) is 1. The van der Waals surface area contributed by atoms with E-state index in [1.165, 1.54) is 6.07 Å². The summed E-state index contributed by atoms with van der Waals surface area (Å²) in [5, 5.41) is -0.161. The molecule has 0 bridgehead atoms. The number of benzene rings is 1. The Labute approximate surface area is 131 Å². The van der Waals surface area contributed by atoms with Gasteiger partial charge in [-0.3, -0.25) is 4.90 Å². The van der Waals surface area contributed by atoms with E-state index < -0.39 is 10.0 Å². The number of sulfonamides is 1. The predicted molar refractivity (Wildman–Crippen MR) is 84.3 cm³/mol. The summed E-state index contributed by atoms with van der Waals surface area (Å²) in [4.78, 5) is 2.22. The van der Waals surface area contributed by atoms with Gasteiger partial charge in [0.15, 0.2) is 0 Å². The molecule has 0 spiro atoms. The molecule has 3 rings (SSSR count). The van der Waals surface area contributed by atoms with Crippen molar-refractivity contribution in [3.63, 3.8) is 0 Å². The maximum Gasteiger partial charge on any atom is 0.214 e.